The molecule has 136 valence electrons. The van der Waals surface area contributed by atoms with Gasteiger partial charge in [0, 0.05) is 21.9 Å². The monoisotopic (exact) mass is 365 g/mol. The molecule has 4 rings (SSSR count). The van der Waals surface area contributed by atoms with Gasteiger partial charge in [-0.05, 0) is 92.3 Å². The van der Waals surface area contributed by atoms with Crippen LogP contribution < -0.4 is 5.32 Å². The van der Waals surface area contributed by atoms with E-state index in [1.54, 1.807) is 11.8 Å². The standard InChI is InChI=1S/C23H27NOS/c1-15-3-4-16(2)22(11-15)26-21-9-7-20(8-10-21)24-23(25)14-19-13-17-5-6-18(19)12-17/h3-4,7-11,17-19H,5-6,12-14H2,1-2H3,(H,24,25)/t17-,18+,19+/m0/s1. The molecule has 2 fully saturated rings. The van der Waals surface area contributed by atoms with Gasteiger partial charge >= 0.3 is 0 Å². The van der Waals surface area contributed by atoms with Crippen LogP contribution in [0.4, 0.5) is 5.69 Å². The lowest BCUT2D eigenvalue weighted by molar-refractivity contribution is -0.117. The summed E-state index contributed by atoms with van der Waals surface area (Å²) < 4.78 is 0. The normalized spacial score (nSPS) is 24.0. The van der Waals surface area contributed by atoms with Crippen LogP contribution in [0.15, 0.2) is 52.3 Å². The van der Waals surface area contributed by atoms with Crippen LogP contribution in [-0.4, -0.2) is 5.91 Å². The maximum Gasteiger partial charge on any atom is 0.224 e. The van der Waals surface area contributed by atoms with Crippen molar-refractivity contribution in [3.8, 4) is 0 Å². The lowest BCUT2D eigenvalue weighted by atomic mass is 9.86. The topological polar surface area (TPSA) is 29.1 Å². The van der Waals surface area contributed by atoms with Crippen molar-refractivity contribution >= 4 is 23.4 Å². The van der Waals surface area contributed by atoms with Crippen LogP contribution in [0.3, 0.4) is 0 Å². The van der Waals surface area contributed by atoms with Gasteiger partial charge in [0.2, 0.25) is 5.91 Å². The Bertz CT molecular complexity index is 798. The number of hydrogen-bond donors (Lipinski definition) is 1. The first-order chi connectivity index (χ1) is 12.6. The summed E-state index contributed by atoms with van der Waals surface area (Å²) >= 11 is 1.78. The predicted octanol–water partition coefficient (Wildman–Crippen LogP) is 6.22. The largest absolute Gasteiger partial charge is 0.326 e. The van der Waals surface area contributed by atoms with Crippen LogP contribution in [0.2, 0.25) is 0 Å². The molecule has 2 aromatic carbocycles. The minimum Gasteiger partial charge on any atom is -0.326 e. The van der Waals surface area contributed by atoms with E-state index in [0.717, 1.165) is 17.5 Å². The second-order valence-corrected chi connectivity index (χ2v) is 9.20. The SMILES string of the molecule is Cc1ccc(C)c(Sc2ccc(NC(=O)C[C@H]3C[C@H]4CC[C@@H]3C4)cc2)c1. The highest BCUT2D eigenvalue weighted by atomic mass is 32.2. The molecule has 0 radical (unpaired) electrons. The molecule has 0 aromatic heterocycles. The average Bonchev–Trinajstić information content (AvgIpc) is 3.23. The van der Waals surface area contributed by atoms with E-state index < -0.39 is 0 Å². The molecule has 2 bridgehead atoms. The molecule has 2 saturated carbocycles. The Labute approximate surface area is 160 Å². The first-order valence-corrected chi connectivity index (χ1v) is 10.5. The molecule has 1 amide bonds. The summed E-state index contributed by atoms with van der Waals surface area (Å²) in [7, 11) is 0. The maximum atomic E-state index is 12.4. The minimum absolute atomic E-state index is 0.178. The van der Waals surface area contributed by atoms with Gasteiger partial charge in [-0.15, -0.1) is 0 Å². The van der Waals surface area contributed by atoms with E-state index in [0.29, 0.717) is 12.3 Å². The number of nitrogens with one attached hydrogen (secondary N) is 1. The van der Waals surface area contributed by atoms with Crippen LogP contribution in [0.25, 0.3) is 0 Å². The molecule has 0 heterocycles. The van der Waals surface area contributed by atoms with Crippen LogP contribution in [0, 0.1) is 31.6 Å². The lowest BCUT2D eigenvalue weighted by Crippen LogP contribution is -2.20. The highest BCUT2D eigenvalue weighted by Crippen LogP contribution is 2.49. The zero-order valence-corrected chi connectivity index (χ0v) is 16.4. The van der Waals surface area contributed by atoms with Crippen molar-refractivity contribution in [3.63, 3.8) is 0 Å². The number of carbonyl (C=O) groups excluding carboxylic acids is 1. The molecule has 0 spiro atoms. The summed E-state index contributed by atoms with van der Waals surface area (Å²) in [5, 5.41) is 3.09. The highest BCUT2D eigenvalue weighted by Gasteiger charge is 2.40. The number of benzene rings is 2. The lowest BCUT2D eigenvalue weighted by Gasteiger charge is -2.20. The van der Waals surface area contributed by atoms with E-state index in [-0.39, 0.29) is 5.91 Å². The molecule has 0 saturated heterocycles. The van der Waals surface area contributed by atoms with Crippen molar-refractivity contribution in [2.75, 3.05) is 5.32 Å². The van der Waals surface area contributed by atoms with Crippen LogP contribution in [-0.2, 0) is 4.79 Å². The molecule has 2 aliphatic rings. The van der Waals surface area contributed by atoms with E-state index in [2.05, 4.69) is 49.5 Å². The third-order valence-corrected chi connectivity index (χ3v) is 7.21. The summed E-state index contributed by atoms with van der Waals surface area (Å²) in [5.41, 5.74) is 3.48. The third-order valence-electron chi connectivity index (χ3n) is 6.04. The summed E-state index contributed by atoms with van der Waals surface area (Å²) in [4.78, 5) is 14.9. The maximum absolute atomic E-state index is 12.4. The van der Waals surface area contributed by atoms with Crippen molar-refractivity contribution < 1.29 is 4.79 Å². The summed E-state index contributed by atoms with van der Waals surface area (Å²) in [5.74, 6) is 2.51. The van der Waals surface area contributed by atoms with E-state index in [9.17, 15) is 4.79 Å². The third kappa shape index (κ3) is 3.98. The number of carbonyl (C=O) groups is 1. The minimum atomic E-state index is 0.178. The fraction of sp³-hybridized carbons (Fsp3) is 0.435. The van der Waals surface area contributed by atoms with Crippen LogP contribution in [0.1, 0.15) is 43.2 Å². The number of hydrogen-bond acceptors (Lipinski definition) is 2. The van der Waals surface area contributed by atoms with Gasteiger partial charge < -0.3 is 5.32 Å². The van der Waals surface area contributed by atoms with Gasteiger partial charge in [-0.1, -0.05) is 30.3 Å². The number of rotatable bonds is 5. The first-order valence-electron chi connectivity index (χ1n) is 9.72. The molecule has 2 aliphatic carbocycles. The number of fused-ring (bicyclic) bond motifs is 2. The molecule has 0 aliphatic heterocycles. The van der Waals surface area contributed by atoms with Crippen LogP contribution >= 0.6 is 11.8 Å². The van der Waals surface area contributed by atoms with Crippen LogP contribution in [0.5, 0.6) is 0 Å². The Hall–Kier alpha value is -1.74. The molecular formula is C23H27NOS. The average molecular weight is 366 g/mol. The van der Waals surface area contributed by atoms with E-state index in [1.165, 1.54) is 46.6 Å². The van der Waals surface area contributed by atoms with Crippen molar-refractivity contribution in [1.82, 2.24) is 0 Å². The Morgan fingerprint density at radius 3 is 2.58 bits per heavy atom. The molecule has 26 heavy (non-hydrogen) atoms. The zero-order chi connectivity index (χ0) is 18.1. The Balaban J connectivity index is 1.34. The van der Waals surface area contributed by atoms with Gasteiger partial charge in [0.05, 0.1) is 0 Å². The Morgan fingerprint density at radius 1 is 1.08 bits per heavy atom. The molecular weight excluding hydrogens is 338 g/mol. The van der Waals surface area contributed by atoms with Gasteiger partial charge in [-0.25, -0.2) is 0 Å². The Kier molecular flexibility index (Phi) is 5.08. The van der Waals surface area contributed by atoms with E-state index in [4.69, 9.17) is 0 Å². The highest BCUT2D eigenvalue weighted by molar-refractivity contribution is 7.99. The van der Waals surface area contributed by atoms with Crippen molar-refractivity contribution in [2.24, 2.45) is 17.8 Å². The fourth-order valence-corrected chi connectivity index (χ4v) is 5.63. The van der Waals surface area contributed by atoms with E-state index >= 15 is 0 Å². The predicted molar refractivity (Wildman–Crippen MR) is 109 cm³/mol. The number of anilines is 1. The van der Waals surface area contributed by atoms with Crippen molar-refractivity contribution in [1.29, 1.82) is 0 Å². The number of amides is 1. The molecule has 1 N–H and O–H groups in total. The zero-order valence-electron chi connectivity index (χ0n) is 15.6. The summed E-state index contributed by atoms with van der Waals surface area (Å²) in [6.07, 6.45) is 6.06. The van der Waals surface area contributed by atoms with Gasteiger partial charge in [-0.3, -0.25) is 4.79 Å². The molecule has 3 atom stereocenters. The molecule has 2 aromatic rings. The van der Waals surface area contributed by atoms with Gasteiger partial charge in [0.1, 0.15) is 0 Å². The van der Waals surface area contributed by atoms with Gasteiger partial charge in [0.25, 0.3) is 0 Å². The van der Waals surface area contributed by atoms with E-state index in [1.807, 2.05) is 12.1 Å². The molecule has 0 unspecified atom stereocenters. The second-order valence-electron chi connectivity index (χ2n) is 8.08. The van der Waals surface area contributed by atoms with Gasteiger partial charge in [-0.2, -0.15) is 0 Å². The summed E-state index contributed by atoms with van der Waals surface area (Å²) in [6, 6.07) is 14.8. The van der Waals surface area contributed by atoms with Crippen molar-refractivity contribution in [2.45, 2.75) is 55.7 Å². The van der Waals surface area contributed by atoms with Gasteiger partial charge in [0.15, 0.2) is 0 Å². The fourth-order valence-electron chi connectivity index (χ4n) is 4.63. The first kappa shape index (κ1) is 17.7. The summed E-state index contributed by atoms with van der Waals surface area (Å²) in [6.45, 7) is 4.27. The van der Waals surface area contributed by atoms with Crippen molar-refractivity contribution in [3.05, 3.63) is 53.6 Å². The molecule has 3 heteroatoms. The smallest absolute Gasteiger partial charge is 0.224 e. The number of aryl methyl sites for hydroxylation is 2. The quantitative estimate of drug-likeness (QED) is 0.681. The Morgan fingerprint density at radius 2 is 1.88 bits per heavy atom. The molecule has 2 nitrogen and oxygen atoms in total. The second kappa shape index (κ2) is 7.48.